The van der Waals surface area contributed by atoms with Crippen LogP contribution in [0.5, 0.6) is 0 Å². The first-order valence-corrected chi connectivity index (χ1v) is 5.66. The first-order chi connectivity index (χ1) is 8.31. The Kier molecular flexibility index (Phi) is 3.85. The lowest BCUT2D eigenvalue weighted by atomic mass is 9.96. The first kappa shape index (κ1) is 11.8. The van der Waals surface area contributed by atoms with Gasteiger partial charge in [-0.3, -0.25) is 4.98 Å². The quantitative estimate of drug-likeness (QED) is 0.835. The lowest BCUT2D eigenvalue weighted by Crippen LogP contribution is -2.27. The second-order valence-electron chi connectivity index (χ2n) is 4.04. The minimum atomic E-state index is -0.210. The van der Waals surface area contributed by atoms with Crippen LogP contribution in [0.4, 0.5) is 0 Å². The number of hydrogen-bond donors (Lipinski definition) is 2. The molecule has 1 aromatic heterocycles. The molecule has 0 aliphatic rings. The van der Waals surface area contributed by atoms with Crippen molar-refractivity contribution in [3.8, 4) is 11.1 Å². The van der Waals surface area contributed by atoms with Crippen molar-refractivity contribution in [3.63, 3.8) is 0 Å². The van der Waals surface area contributed by atoms with Gasteiger partial charge in [0, 0.05) is 18.4 Å². The van der Waals surface area contributed by atoms with Crippen LogP contribution in [0.25, 0.3) is 11.1 Å². The number of rotatable bonds is 4. The van der Waals surface area contributed by atoms with Crippen LogP contribution in [-0.4, -0.2) is 22.7 Å². The van der Waals surface area contributed by atoms with Crippen LogP contribution in [0.3, 0.4) is 0 Å². The van der Waals surface area contributed by atoms with Crippen LogP contribution in [0.2, 0.25) is 0 Å². The highest BCUT2D eigenvalue weighted by Crippen LogP contribution is 2.23. The highest BCUT2D eigenvalue weighted by molar-refractivity contribution is 5.66. The van der Waals surface area contributed by atoms with Crippen molar-refractivity contribution in [1.82, 2.24) is 4.98 Å². The number of benzene rings is 1. The summed E-state index contributed by atoms with van der Waals surface area (Å²) in [5, 5.41) is 9.02. The predicted molar refractivity (Wildman–Crippen MR) is 68.4 cm³/mol. The van der Waals surface area contributed by atoms with Gasteiger partial charge in [-0.2, -0.15) is 0 Å². The normalized spacial score (nSPS) is 12.4. The Bertz CT molecular complexity index is 471. The first-order valence-electron chi connectivity index (χ1n) is 5.66. The molecule has 88 valence electrons. The zero-order chi connectivity index (χ0) is 12.1. The van der Waals surface area contributed by atoms with Gasteiger partial charge in [-0.15, -0.1) is 0 Å². The molecule has 1 atom stereocenters. The molecule has 0 aliphatic carbocycles. The third kappa shape index (κ3) is 2.90. The van der Waals surface area contributed by atoms with Crippen LogP contribution >= 0.6 is 0 Å². The number of nitrogens with zero attached hydrogens (tertiary/aromatic N) is 1. The zero-order valence-electron chi connectivity index (χ0n) is 9.58. The van der Waals surface area contributed by atoms with Crippen LogP contribution in [0, 0.1) is 0 Å². The molecule has 0 aliphatic heterocycles. The van der Waals surface area contributed by atoms with E-state index in [1.54, 1.807) is 12.4 Å². The highest BCUT2D eigenvalue weighted by atomic mass is 16.3. The molecule has 0 spiro atoms. The SMILES string of the molecule is N[C@H](CO)Cc1ccccc1-c1ccncc1. The smallest absolute Gasteiger partial charge is 0.0585 e. The van der Waals surface area contributed by atoms with Gasteiger partial charge in [-0.1, -0.05) is 24.3 Å². The van der Waals surface area contributed by atoms with Gasteiger partial charge < -0.3 is 10.8 Å². The predicted octanol–water partition coefficient (Wildman–Crippen LogP) is 1.61. The van der Waals surface area contributed by atoms with E-state index in [4.69, 9.17) is 10.8 Å². The van der Waals surface area contributed by atoms with Gasteiger partial charge in [0.25, 0.3) is 0 Å². The average Bonchev–Trinajstić information content (AvgIpc) is 2.40. The Morgan fingerprint density at radius 1 is 1.12 bits per heavy atom. The molecular weight excluding hydrogens is 212 g/mol. The molecule has 0 radical (unpaired) electrons. The molecule has 3 N–H and O–H groups in total. The zero-order valence-corrected chi connectivity index (χ0v) is 9.58. The van der Waals surface area contributed by atoms with Crippen LogP contribution < -0.4 is 5.73 Å². The Morgan fingerprint density at radius 3 is 2.53 bits per heavy atom. The Balaban J connectivity index is 2.34. The molecule has 0 unspecified atom stereocenters. The van der Waals surface area contributed by atoms with E-state index in [9.17, 15) is 0 Å². The minimum absolute atomic E-state index is 0.00464. The summed E-state index contributed by atoms with van der Waals surface area (Å²) in [5.74, 6) is 0. The second-order valence-corrected chi connectivity index (χ2v) is 4.04. The van der Waals surface area contributed by atoms with E-state index in [1.807, 2.05) is 30.3 Å². The fourth-order valence-electron chi connectivity index (χ4n) is 1.86. The number of pyridine rings is 1. The van der Waals surface area contributed by atoms with Crippen molar-refractivity contribution >= 4 is 0 Å². The van der Waals surface area contributed by atoms with Crippen molar-refractivity contribution in [1.29, 1.82) is 0 Å². The summed E-state index contributed by atoms with van der Waals surface area (Å²) in [7, 11) is 0. The lowest BCUT2D eigenvalue weighted by molar-refractivity contribution is 0.265. The average molecular weight is 228 g/mol. The number of aliphatic hydroxyl groups excluding tert-OH is 1. The van der Waals surface area contributed by atoms with E-state index >= 15 is 0 Å². The van der Waals surface area contributed by atoms with E-state index in [0.717, 1.165) is 16.7 Å². The fourth-order valence-corrected chi connectivity index (χ4v) is 1.86. The van der Waals surface area contributed by atoms with E-state index in [0.29, 0.717) is 6.42 Å². The summed E-state index contributed by atoms with van der Waals surface area (Å²) in [6, 6.07) is 11.8. The fraction of sp³-hybridized carbons (Fsp3) is 0.214. The second kappa shape index (κ2) is 5.57. The Morgan fingerprint density at radius 2 is 1.82 bits per heavy atom. The molecule has 0 saturated carbocycles. The van der Waals surface area contributed by atoms with Crippen molar-refractivity contribution < 1.29 is 5.11 Å². The number of aromatic nitrogens is 1. The lowest BCUT2D eigenvalue weighted by Gasteiger charge is -2.12. The summed E-state index contributed by atoms with van der Waals surface area (Å²) >= 11 is 0. The van der Waals surface area contributed by atoms with Gasteiger partial charge in [0.15, 0.2) is 0 Å². The summed E-state index contributed by atoms with van der Waals surface area (Å²) in [6.45, 7) is 0.00464. The van der Waals surface area contributed by atoms with Crippen molar-refractivity contribution in [3.05, 3.63) is 54.4 Å². The minimum Gasteiger partial charge on any atom is -0.395 e. The molecule has 17 heavy (non-hydrogen) atoms. The van der Waals surface area contributed by atoms with Gasteiger partial charge in [-0.05, 0) is 35.2 Å². The largest absolute Gasteiger partial charge is 0.395 e. The van der Waals surface area contributed by atoms with Gasteiger partial charge in [-0.25, -0.2) is 0 Å². The molecular formula is C14H16N2O. The number of aliphatic hydroxyl groups is 1. The van der Waals surface area contributed by atoms with E-state index in [2.05, 4.69) is 11.1 Å². The van der Waals surface area contributed by atoms with Gasteiger partial charge in [0.05, 0.1) is 6.61 Å². The summed E-state index contributed by atoms with van der Waals surface area (Å²) in [5.41, 5.74) is 9.22. The standard InChI is InChI=1S/C14H16N2O/c15-13(10-17)9-12-3-1-2-4-14(12)11-5-7-16-8-6-11/h1-8,13,17H,9-10,15H2/t13-/m0/s1. The molecule has 2 aromatic rings. The van der Waals surface area contributed by atoms with Gasteiger partial charge >= 0.3 is 0 Å². The Labute approximate surface area is 101 Å². The van der Waals surface area contributed by atoms with Crippen molar-refractivity contribution in [2.45, 2.75) is 12.5 Å². The molecule has 0 saturated heterocycles. The molecule has 1 aromatic carbocycles. The van der Waals surface area contributed by atoms with Gasteiger partial charge in [0.1, 0.15) is 0 Å². The third-order valence-corrected chi connectivity index (χ3v) is 2.73. The van der Waals surface area contributed by atoms with E-state index in [-0.39, 0.29) is 12.6 Å². The van der Waals surface area contributed by atoms with Crippen LogP contribution in [0.15, 0.2) is 48.8 Å². The van der Waals surface area contributed by atoms with Crippen molar-refractivity contribution in [2.75, 3.05) is 6.61 Å². The maximum absolute atomic E-state index is 9.02. The molecule has 3 heteroatoms. The maximum atomic E-state index is 9.02. The number of hydrogen-bond acceptors (Lipinski definition) is 3. The molecule has 3 nitrogen and oxygen atoms in total. The highest BCUT2D eigenvalue weighted by Gasteiger charge is 2.08. The Hall–Kier alpha value is -1.71. The molecule has 0 bridgehead atoms. The monoisotopic (exact) mass is 228 g/mol. The number of nitrogens with two attached hydrogens (primary N) is 1. The van der Waals surface area contributed by atoms with Gasteiger partial charge in [0.2, 0.25) is 0 Å². The molecule has 0 amide bonds. The molecule has 0 fully saturated rings. The summed E-state index contributed by atoms with van der Waals surface area (Å²) in [4.78, 5) is 4.01. The molecule has 1 heterocycles. The maximum Gasteiger partial charge on any atom is 0.0585 e. The summed E-state index contributed by atoms with van der Waals surface area (Å²) < 4.78 is 0. The van der Waals surface area contributed by atoms with Crippen molar-refractivity contribution in [2.24, 2.45) is 5.73 Å². The topological polar surface area (TPSA) is 59.1 Å². The van der Waals surface area contributed by atoms with E-state index < -0.39 is 0 Å². The van der Waals surface area contributed by atoms with Crippen LogP contribution in [0.1, 0.15) is 5.56 Å². The third-order valence-electron chi connectivity index (χ3n) is 2.73. The van der Waals surface area contributed by atoms with Crippen LogP contribution in [-0.2, 0) is 6.42 Å². The summed E-state index contributed by atoms with van der Waals surface area (Å²) in [6.07, 6.45) is 4.23. The molecule has 2 rings (SSSR count). The van der Waals surface area contributed by atoms with E-state index in [1.165, 1.54) is 0 Å².